The number of methoxy groups -OCH3 is 2. The van der Waals surface area contributed by atoms with Crippen molar-refractivity contribution in [1.82, 2.24) is 4.90 Å². The zero-order valence-corrected chi connectivity index (χ0v) is 15.3. The molecule has 0 fully saturated rings. The van der Waals surface area contributed by atoms with Crippen LogP contribution in [0.25, 0.3) is 0 Å². The van der Waals surface area contributed by atoms with Crippen LogP contribution in [0.4, 0.5) is 4.39 Å². The van der Waals surface area contributed by atoms with E-state index in [0.29, 0.717) is 23.5 Å². The molecule has 0 saturated carbocycles. The third-order valence-electron chi connectivity index (χ3n) is 4.00. The third-order valence-corrected chi connectivity index (χ3v) is 4.00. The van der Waals surface area contributed by atoms with E-state index in [9.17, 15) is 14.0 Å². The number of nitrogens with zero attached hydrogens (tertiary/aromatic N) is 1. The number of hydrogen-bond acceptors (Lipinski definition) is 4. The largest absolute Gasteiger partial charge is 0.497 e. The van der Waals surface area contributed by atoms with Gasteiger partial charge in [0.25, 0.3) is 0 Å². The normalized spacial score (nSPS) is 10.3. The van der Waals surface area contributed by atoms with Crippen molar-refractivity contribution < 1.29 is 28.6 Å². The predicted octanol–water partition coefficient (Wildman–Crippen LogP) is 2.89. The van der Waals surface area contributed by atoms with Crippen LogP contribution in [0.5, 0.6) is 11.5 Å². The molecule has 0 aliphatic rings. The lowest BCUT2D eigenvalue weighted by Gasteiger charge is -2.21. The molecule has 0 atom stereocenters. The topological polar surface area (TPSA) is 76.1 Å². The highest BCUT2D eigenvalue weighted by Crippen LogP contribution is 2.23. The zero-order chi connectivity index (χ0) is 19.8. The molecule has 27 heavy (non-hydrogen) atoms. The fourth-order valence-electron chi connectivity index (χ4n) is 2.63. The summed E-state index contributed by atoms with van der Waals surface area (Å²) in [7, 11) is 3.09. The van der Waals surface area contributed by atoms with Gasteiger partial charge in [-0.2, -0.15) is 0 Å². The molecule has 0 spiro atoms. The van der Waals surface area contributed by atoms with Gasteiger partial charge in [0.1, 0.15) is 23.9 Å². The van der Waals surface area contributed by atoms with Gasteiger partial charge in [-0.05, 0) is 41.8 Å². The molecule has 0 aromatic heterocycles. The molecular formula is C20H22FNO5. The molecule has 2 aromatic rings. The number of ether oxygens (including phenoxy) is 2. The fraction of sp³-hybridized carbons (Fsp3) is 0.300. The summed E-state index contributed by atoms with van der Waals surface area (Å²) >= 11 is 0. The maximum atomic E-state index is 13.0. The van der Waals surface area contributed by atoms with E-state index >= 15 is 0 Å². The molecule has 1 N–H and O–H groups in total. The Labute approximate surface area is 157 Å². The van der Waals surface area contributed by atoms with Crippen LogP contribution in [0.3, 0.4) is 0 Å². The lowest BCUT2D eigenvalue weighted by molar-refractivity contribution is -0.144. The van der Waals surface area contributed by atoms with Gasteiger partial charge in [0.15, 0.2) is 0 Å². The summed E-state index contributed by atoms with van der Waals surface area (Å²) in [6, 6.07) is 11.0. The molecule has 0 aliphatic heterocycles. The molecule has 0 aliphatic carbocycles. The fourth-order valence-corrected chi connectivity index (χ4v) is 2.63. The summed E-state index contributed by atoms with van der Waals surface area (Å²) in [5.74, 6) is -0.560. The van der Waals surface area contributed by atoms with Crippen LogP contribution in [-0.2, 0) is 22.6 Å². The molecule has 0 unspecified atom stereocenters. The van der Waals surface area contributed by atoms with Crippen LogP contribution in [0.2, 0.25) is 0 Å². The van der Waals surface area contributed by atoms with E-state index in [1.165, 1.54) is 29.2 Å². The molecule has 144 valence electrons. The van der Waals surface area contributed by atoms with Crippen LogP contribution in [0, 0.1) is 5.82 Å². The summed E-state index contributed by atoms with van der Waals surface area (Å²) in [5.41, 5.74) is 1.51. The second-order valence-electron chi connectivity index (χ2n) is 5.99. The van der Waals surface area contributed by atoms with Crippen molar-refractivity contribution in [1.29, 1.82) is 0 Å². The second kappa shape index (κ2) is 9.56. The number of carboxylic acids is 1. The van der Waals surface area contributed by atoms with Gasteiger partial charge in [-0.1, -0.05) is 12.1 Å². The number of aryl methyl sites for hydroxylation is 1. The summed E-state index contributed by atoms with van der Waals surface area (Å²) < 4.78 is 23.4. The standard InChI is InChI=1S/C20H22FNO5/c1-26-17-9-15(10-18(11-17)27-2)5-8-19(23)22(13-20(24)25)12-14-3-6-16(21)7-4-14/h3-4,6-7,9-11H,5,8,12-13H2,1-2H3,(H,24,25). The van der Waals surface area contributed by atoms with Gasteiger partial charge in [-0.15, -0.1) is 0 Å². The molecule has 2 aromatic carbocycles. The smallest absolute Gasteiger partial charge is 0.323 e. The van der Waals surface area contributed by atoms with E-state index in [1.54, 1.807) is 32.4 Å². The first-order chi connectivity index (χ1) is 12.9. The summed E-state index contributed by atoms with van der Waals surface area (Å²) in [4.78, 5) is 24.9. The van der Waals surface area contributed by atoms with Crippen molar-refractivity contribution in [2.45, 2.75) is 19.4 Å². The van der Waals surface area contributed by atoms with Crippen LogP contribution in [0.15, 0.2) is 42.5 Å². The van der Waals surface area contributed by atoms with E-state index in [4.69, 9.17) is 14.6 Å². The number of carboxylic acid groups (broad SMARTS) is 1. The summed E-state index contributed by atoms with van der Waals surface area (Å²) in [6.07, 6.45) is 0.538. The molecule has 1 amide bonds. The average Bonchev–Trinajstić information content (AvgIpc) is 2.66. The van der Waals surface area contributed by atoms with Crippen LogP contribution in [0.1, 0.15) is 17.5 Å². The Morgan fingerprint density at radius 2 is 1.59 bits per heavy atom. The predicted molar refractivity (Wildman–Crippen MR) is 97.3 cm³/mol. The molecule has 6 nitrogen and oxygen atoms in total. The van der Waals surface area contributed by atoms with Crippen molar-refractivity contribution in [2.24, 2.45) is 0 Å². The second-order valence-corrected chi connectivity index (χ2v) is 5.99. The van der Waals surface area contributed by atoms with Gasteiger partial charge >= 0.3 is 5.97 Å². The van der Waals surface area contributed by atoms with Crippen molar-refractivity contribution in [3.8, 4) is 11.5 Å². The van der Waals surface area contributed by atoms with Gasteiger partial charge in [-0.25, -0.2) is 4.39 Å². The van der Waals surface area contributed by atoms with Crippen molar-refractivity contribution in [3.05, 3.63) is 59.4 Å². The number of amides is 1. The molecular weight excluding hydrogens is 353 g/mol. The Bertz CT molecular complexity index is 769. The lowest BCUT2D eigenvalue weighted by Crippen LogP contribution is -2.35. The Hall–Kier alpha value is -3.09. The maximum Gasteiger partial charge on any atom is 0.323 e. The minimum atomic E-state index is -1.10. The van der Waals surface area contributed by atoms with Crippen LogP contribution in [-0.4, -0.2) is 42.6 Å². The number of aliphatic carboxylic acids is 1. The van der Waals surface area contributed by atoms with Gasteiger partial charge in [0.2, 0.25) is 5.91 Å². The molecule has 0 heterocycles. The number of hydrogen-bond donors (Lipinski definition) is 1. The van der Waals surface area contributed by atoms with Gasteiger partial charge in [0.05, 0.1) is 14.2 Å². The van der Waals surface area contributed by atoms with Crippen molar-refractivity contribution in [2.75, 3.05) is 20.8 Å². The van der Waals surface area contributed by atoms with Crippen molar-refractivity contribution >= 4 is 11.9 Å². The Morgan fingerprint density at radius 1 is 1.00 bits per heavy atom. The zero-order valence-electron chi connectivity index (χ0n) is 15.3. The number of benzene rings is 2. The van der Waals surface area contributed by atoms with E-state index < -0.39 is 12.5 Å². The van der Waals surface area contributed by atoms with Gasteiger partial charge in [-0.3, -0.25) is 9.59 Å². The van der Waals surface area contributed by atoms with E-state index in [-0.39, 0.29) is 24.7 Å². The molecule has 0 radical (unpaired) electrons. The van der Waals surface area contributed by atoms with E-state index in [2.05, 4.69) is 0 Å². The highest BCUT2D eigenvalue weighted by molar-refractivity contribution is 5.81. The Kier molecular flexibility index (Phi) is 7.16. The third kappa shape index (κ3) is 6.29. The first kappa shape index (κ1) is 20.2. The summed E-state index contributed by atoms with van der Waals surface area (Å²) in [5, 5.41) is 9.09. The van der Waals surface area contributed by atoms with E-state index in [1.807, 2.05) is 0 Å². The highest BCUT2D eigenvalue weighted by atomic mass is 19.1. The molecule has 0 bridgehead atoms. The molecule has 2 rings (SSSR count). The van der Waals surface area contributed by atoms with Crippen LogP contribution < -0.4 is 9.47 Å². The number of carbonyl (C=O) groups is 2. The number of rotatable bonds is 9. The quantitative estimate of drug-likeness (QED) is 0.729. The first-order valence-electron chi connectivity index (χ1n) is 8.37. The summed E-state index contributed by atoms with van der Waals surface area (Å²) in [6.45, 7) is -0.315. The van der Waals surface area contributed by atoms with Gasteiger partial charge < -0.3 is 19.5 Å². The molecule has 7 heteroatoms. The van der Waals surface area contributed by atoms with E-state index in [0.717, 1.165) is 5.56 Å². The maximum absolute atomic E-state index is 13.0. The minimum absolute atomic E-state index is 0.104. The number of carbonyl (C=O) groups excluding carboxylic acids is 1. The van der Waals surface area contributed by atoms with Crippen molar-refractivity contribution in [3.63, 3.8) is 0 Å². The van der Waals surface area contributed by atoms with Gasteiger partial charge in [0, 0.05) is 19.0 Å². The Balaban J connectivity index is 2.07. The molecule has 0 saturated heterocycles. The Morgan fingerprint density at radius 3 is 2.11 bits per heavy atom. The SMILES string of the molecule is COc1cc(CCC(=O)N(CC(=O)O)Cc2ccc(F)cc2)cc(OC)c1. The highest BCUT2D eigenvalue weighted by Gasteiger charge is 2.17. The minimum Gasteiger partial charge on any atom is -0.497 e. The average molecular weight is 375 g/mol. The van der Waals surface area contributed by atoms with Crippen LogP contribution >= 0.6 is 0 Å². The first-order valence-corrected chi connectivity index (χ1v) is 8.37. The number of halogens is 1. The lowest BCUT2D eigenvalue weighted by atomic mass is 10.1. The monoisotopic (exact) mass is 375 g/mol.